The molecule has 4 atom stereocenters. The molecule has 10 heteroatoms. The summed E-state index contributed by atoms with van der Waals surface area (Å²) in [5.41, 5.74) is 0. The normalized spacial score (nSPS) is 19.8. The van der Waals surface area contributed by atoms with Crippen molar-refractivity contribution in [1.82, 2.24) is 0 Å². The van der Waals surface area contributed by atoms with Crippen LogP contribution in [-0.2, 0) is 19.4 Å². The number of aliphatic hydroxyl groups is 4. The van der Waals surface area contributed by atoms with Gasteiger partial charge in [-0.25, -0.2) is 4.18 Å². The maximum Gasteiger partial charge on any atom is 0.397 e. The molecule has 0 radical (unpaired) electrons. The van der Waals surface area contributed by atoms with Crippen LogP contribution in [-0.4, -0.2) is 70.7 Å². The van der Waals surface area contributed by atoms with Crippen molar-refractivity contribution in [2.24, 2.45) is 0 Å². The minimum absolute atomic E-state index is 0.130. The van der Waals surface area contributed by atoms with E-state index in [0.717, 1.165) is 0 Å². The predicted octanol–water partition coefficient (Wildman–Crippen LogP) is -3.55. The van der Waals surface area contributed by atoms with Crippen LogP contribution in [0.25, 0.3) is 0 Å². The van der Waals surface area contributed by atoms with Crippen LogP contribution >= 0.6 is 0 Å². The molecule has 0 aliphatic carbocycles. The van der Waals surface area contributed by atoms with Crippen LogP contribution in [0, 0.1) is 0 Å². The molecule has 96 valence electrons. The topological polar surface area (TPSA) is 162 Å². The largest absolute Gasteiger partial charge is 0.397 e. The molecule has 0 aromatic heterocycles. The summed E-state index contributed by atoms with van der Waals surface area (Å²) in [6, 6.07) is 0. The number of hydrogen-bond acceptors (Lipinski definition) is 8. The molecular weight excluding hydrogens is 248 g/mol. The molecular formula is C6H12O9S. The van der Waals surface area contributed by atoms with Gasteiger partial charge in [-0.3, -0.25) is 4.55 Å². The lowest BCUT2D eigenvalue weighted by Gasteiger charge is -2.25. The van der Waals surface area contributed by atoms with E-state index >= 15 is 0 Å². The quantitative estimate of drug-likeness (QED) is 0.230. The van der Waals surface area contributed by atoms with Crippen molar-refractivity contribution in [1.29, 1.82) is 0 Å². The van der Waals surface area contributed by atoms with Crippen LogP contribution in [0.4, 0.5) is 0 Å². The highest BCUT2D eigenvalue weighted by Gasteiger charge is 2.35. The molecule has 5 N–H and O–H groups in total. The lowest BCUT2D eigenvalue weighted by Crippen LogP contribution is -2.48. The number of carbonyl (C=O) groups excluding carboxylic acids is 1. The van der Waals surface area contributed by atoms with Crippen LogP contribution in [0.15, 0.2) is 0 Å². The molecule has 0 rings (SSSR count). The highest BCUT2D eigenvalue weighted by Crippen LogP contribution is 2.11. The second kappa shape index (κ2) is 6.20. The fourth-order valence-electron chi connectivity index (χ4n) is 0.868. The third-order valence-electron chi connectivity index (χ3n) is 1.62. The molecule has 0 aromatic carbocycles. The molecule has 0 saturated carbocycles. The minimum atomic E-state index is -5.02. The van der Waals surface area contributed by atoms with Crippen LogP contribution in [0.1, 0.15) is 0 Å². The van der Waals surface area contributed by atoms with Crippen molar-refractivity contribution in [3.63, 3.8) is 0 Å². The summed E-state index contributed by atoms with van der Waals surface area (Å²) in [6.07, 6.45) is -8.27. The van der Waals surface area contributed by atoms with Gasteiger partial charge in [0.2, 0.25) is 0 Å². The van der Waals surface area contributed by atoms with E-state index in [1.807, 2.05) is 0 Å². The third kappa shape index (κ3) is 4.94. The van der Waals surface area contributed by atoms with E-state index < -0.39 is 41.4 Å². The standard InChI is InChI=1S/C6H12O9S/c7-1-3(9)5(11)6(4(10)2-8)15-16(12,13)14/h1,3-6,8-11H,2H2,(H,12,13,14)/t3-,4+,5+,6+/m0/s1. The summed E-state index contributed by atoms with van der Waals surface area (Å²) in [4.78, 5) is 10.1. The average molecular weight is 260 g/mol. The number of carbonyl (C=O) groups is 1. The minimum Gasteiger partial charge on any atom is -0.394 e. The highest BCUT2D eigenvalue weighted by atomic mass is 32.3. The number of aldehydes is 1. The van der Waals surface area contributed by atoms with E-state index in [9.17, 15) is 18.3 Å². The number of hydrogen-bond donors (Lipinski definition) is 5. The third-order valence-corrected chi connectivity index (χ3v) is 2.09. The Balaban J connectivity index is 4.86. The SMILES string of the molecule is O=C[C@H](O)[C@@H](O)[C@H](OS(=O)(=O)O)[C@H](O)CO. The van der Waals surface area contributed by atoms with Gasteiger partial charge in [0, 0.05) is 0 Å². The predicted molar refractivity (Wildman–Crippen MR) is 47.6 cm³/mol. The first-order valence-corrected chi connectivity index (χ1v) is 5.35. The van der Waals surface area contributed by atoms with Crippen molar-refractivity contribution >= 4 is 16.7 Å². The zero-order chi connectivity index (χ0) is 12.9. The number of rotatable bonds is 7. The van der Waals surface area contributed by atoms with Crippen molar-refractivity contribution in [2.45, 2.75) is 24.4 Å². The Morgan fingerprint density at radius 3 is 2.06 bits per heavy atom. The molecule has 16 heavy (non-hydrogen) atoms. The Morgan fingerprint density at radius 2 is 1.75 bits per heavy atom. The lowest BCUT2D eigenvalue weighted by atomic mass is 10.0. The van der Waals surface area contributed by atoms with Gasteiger partial charge in [0.15, 0.2) is 6.29 Å². The highest BCUT2D eigenvalue weighted by molar-refractivity contribution is 7.80. The molecule has 0 saturated heterocycles. The van der Waals surface area contributed by atoms with Gasteiger partial charge >= 0.3 is 10.4 Å². The smallest absolute Gasteiger partial charge is 0.394 e. The molecule has 0 unspecified atom stereocenters. The maximum atomic E-state index is 10.3. The fraction of sp³-hybridized carbons (Fsp3) is 0.833. The molecule has 0 aliphatic rings. The molecule has 0 aliphatic heterocycles. The lowest BCUT2D eigenvalue weighted by molar-refractivity contribution is -0.132. The molecule has 0 aromatic rings. The van der Waals surface area contributed by atoms with Crippen molar-refractivity contribution in [2.75, 3.05) is 6.61 Å². The van der Waals surface area contributed by atoms with Gasteiger partial charge in [-0.05, 0) is 0 Å². The van der Waals surface area contributed by atoms with E-state index in [1.54, 1.807) is 0 Å². The Labute approximate surface area is 90.9 Å². The van der Waals surface area contributed by atoms with Gasteiger partial charge in [-0.1, -0.05) is 0 Å². The van der Waals surface area contributed by atoms with Gasteiger partial charge in [0.05, 0.1) is 6.61 Å². The summed E-state index contributed by atoms with van der Waals surface area (Å²) >= 11 is 0. The monoisotopic (exact) mass is 260 g/mol. The van der Waals surface area contributed by atoms with Gasteiger partial charge < -0.3 is 25.2 Å². The van der Waals surface area contributed by atoms with E-state index in [4.69, 9.17) is 19.9 Å². The molecule has 0 fully saturated rings. The summed E-state index contributed by atoms with van der Waals surface area (Å²) in [6.45, 7) is -1.01. The zero-order valence-electron chi connectivity index (χ0n) is 7.87. The van der Waals surface area contributed by atoms with Gasteiger partial charge in [-0.15, -0.1) is 0 Å². The number of aliphatic hydroxyl groups excluding tert-OH is 4. The second-order valence-corrected chi connectivity index (χ2v) is 3.90. The Morgan fingerprint density at radius 1 is 1.25 bits per heavy atom. The van der Waals surface area contributed by atoms with Gasteiger partial charge in [-0.2, -0.15) is 8.42 Å². The van der Waals surface area contributed by atoms with Crippen LogP contribution in [0.3, 0.4) is 0 Å². The summed E-state index contributed by atoms with van der Waals surface area (Å²) < 4.78 is 32.8. The molecule has 0 bridgehead atoms. The first kappa shape index (κ1) is 15.4. The molecule has 0 amide bonds. The average Bonchev–Trinajstić information content (AvgIpc) is 2.21. The summed E-state index contributed by atoms with van der Waals surface area (Å²) in [7, 11) is -5.02. The summed E-state index contributed by atoms with van der Waals surface area (Å²) in [5.74, 6) is 0. The molecule has 0 spiro atoms. The van der Waals surface area contributed by atoms with E-state index in [2.05, 4.69) is 4.18 Å². The first-order chi connectivity index (χ1) is 7.22. The molecule has 0 heterocycles. The van der Waals surface area contributed by atoms with E-state index in [1.165, 1.54) is 0 Å². The Kier molecular flexibility index (Phi) is 5.96. The van der Waals surface area contributed by atoms with Gasteiger partial charge in [0.1, 0.15) is 24.4 Å². The van der Waals surface area contributed by atoms with E-state index in [0.29, 0.717) is 0 Å². The van der Waals surface area contributed by atoms with Crippen LogP contribution < -0.4 is 0 Å². The van der Waals surface area contributed by atoms with Crippen molar-refractivity contribution in [3.8, 4) is 0 Å². The summed E-state index contributed by atoms with van der Waals surface area (Å²) in [5, 5.41) is 35.6. The van der Waals surface area contributed by atoms with Crippen LogP contribution in [0.2, 0.25) is 0 Å². The van der Waals surface area contributed by atoms with Gasteiger partial charge in [0.25, 0.3) is 0 Å². The van der Waals surface area contributed by atoms with Crippen molar-refractivity contribution < 1.29 is 42.4 Å². The first-order valence-electron chi connectivity index (χ1n) is 3.99. The molecule has 9 nitrogen and oxygen atoms in total. The van der Waals surface area contributed by atoms with Crippen molar-refractivity contribution in [3.05, 3.63) is 0 Å². The zero-order valence-corrected chi connectivity index (χ0v) is 8.69. The fourth-order valence-corrected chi connectivity index (χ4v) is 1.39. The maximum absolute atomic E-state index is 10.3. The Hall–Kier alpha value is -0.620. The van der Waals surface area contributed by atoms with E-state index in [-0.39, 0.29) is 6.29 Å². The second-order valence-electron chi connectivity index (χ2n) is 2.86. The Bertz CT molecular complexity index is 312. The van der Waals surface area contributed by atoms with Crippen LogP contribution in [0.5, 0.6) is 0 Å².